The van der Waals surface area contributed by atoms with E-state index in [2.05, 4.69) is 10.2 Å². The highest BCUT2D eigenvalue weighted by Gasteiger charge is 2.19. The average Bonchev–Trinajstić information content (AvgIpc) is 3.39. The van der Waals surface area contributed by atoms with Gasteiger partial charge in [0.15, 0.2) is 17.3 Å². The van der Waals surface area contributed by atoms with E-state index in [0.717, 1.165) is 0 Å². The third-order valence-corrected chi connectivity index (χ3v) is 5.30. The van der Waals surface area contributed by atoms with Gasteiger partial charge in [-0.15, -0.1) is 10.2 Å². The van der Waals surface area contributed by atoms with Crippen molar-refractivity contribution < 1.29 is 18.3 Å². The van der Waals surface area contributed by atoms with Gasteiger partial charge in [-0.2, -0.15) is 5.26 Å². The van der Waals surface area contributed by atoms with Gasteiger partial charge in [0.25, 0.3) is 5.89 Å². The van der Waals surface area contributed by atoms with E-state index in [0.29, 0.717) is 11.3 Å². The molecule has 2 aromatic carbocycles. The molecule has 0 bridgehead atoms. The molecule has 0 atom stereocenters. The SMILES string of the molecule is CC(=O)c1cc(-c2nnc(Cc3ccc(Cl)c(Oc4cc(Cl)cc(C#N)c4)c3F)o2)n(C)c1. The minimum absolute atomic E-state index is 0.0185. The Morgan fingerprint density at radius 3 is 2.73 bits per heavy atom. The number of Topliss-reactive ketones (excluding diaryl/α,β-unsaturated/α-hetero) is 1. The molecular formula is C23H15Cl2FN4O3. The summed E-state index contributed by atoms with van der Waals surface area (Å²) in [5.41, 5.74) is 1.55. The molecule has 0 amide bonds. The summed E-state index contributed by atoms with van der Waals surface area (Å²) in [4.78, 5) is 11.6. The third kappa shape index (κ3) is 4.75. The molecule has 0 saturated carbocycles. The van der Waals surface area contributed by atoms with Crippen LogP contribution in [0.2, 0.25) is 10.0 Å². The van der Waals surface area contributed by atoms with Crippen LogP contribution in [0, 0.1) is 17.1 Å². The summed E-state index contributed by atoms with van der Waals surface area (Å²) in [6.07, 6.45) is 1.65. The first-order valence-corrected chi connectivity index (χ1v) is 10.4. The molecule has 2 aromatic heterocycles. The first-order valence-electron chi connectivity index (χ1n) is 9.60. The summed E-state index contributed by atoms with van der Waals surface area (Å²) in [5.74, 6) is -0.478. The van der Waals surface area contributed by atoms with Crippen LogP contribution in [0.1, 0.15) is 34.3 Å². The summed E-state index contributed by atoms with van der Waals surface area (Å²) in [6.45, 7) is 1.46. The van der Waals surface area contributed by atoms with E-state index in [4.69, 9.17) is 37.6 Å². The maximum Gasteiger partial charge on any atom is 0.264 e. The van der Waals surface area contributed by atoms with Crippen molar-refractivity contribution in [1.29, 1.82) is 5.26 Å². The number of hydrogen-bond donors (Lipinski definition) is 0. The third-order valence-electron chi connectivity index (χ3n) is 4.79. The first kappa shape index (κ1) is 22.5. The van der Waals surface area contributed by atoms with Crippen molar-refractivity contribution >= 4 is 29.0 Å². The number of aryl methyl sites for hydroxylation is 1. The van der Waals surface area contributed by atoms with Crippen LogP contribution in [0.4, 0.5) is 4.39 Å². The van der Waals surface area contributed by atoms with E-state index in [1.807, 2.05) is 6.07 Å². The van der Waals surface area contributed by atoms with E-state index < -0.39 is 5.82 Å². The van der Waals surface area contributed by atoms with Gasteiger partial charge in [0.1, 0.15) is 11.4 Å². The minimum Gasteiger partial charge on any atom is -0.453 e. The Bertz CT molecular complexity index is 1420. The normalized spacial score (nSPS) is 10.8. The molecule has 7 nitrogen and oxygen atoms in total. The van der Waals surface area contributed by atoms with E-state index >= 15 is 4.39 Å². The second kappa shape index (κ2) is 9.06. The van der Waals surface area contributed by atoms with Crippen LogP contribution in [-0.2, 0) is 13.5 Å². The molecule has 0 N–H and O–H groups in total. The Kier molecular flexibility index (Phi) is 6.18. The van der Waals surface area contributed by atoms with Crippen molar-refractivity contribution in [1.82, 2.24) is 14.8 Å². The van der Waals surface area contributed by atoms with Gasteiger partial charge >= 0.3 is 0 Å². The second-order valence-electron chi connectivity index (χ2n) is 7.20. The number of ketones is 1. The summed E-state index contributed by atoms with van der Waals surface area (Å²) < 4.78 is 28.2. The molecule has 0 radical (unpaired) electrons. The van der Waals surface area contributed by atoms with E-state index in [-0.39, 0.29) is 56.7 Å². The maximum atomic E-state index is 15.2. The average molecular weight is 485 g/mol. The number of rotatable bonds is 6. The van der Waals surface area contributed by atoms with Crippen molar-refractivity contribution in [3.8, 4) is 29.2 Å². The van der Waals surface area contributed by atoms with Crippen molar-refractivity contribution in [3.05, 3.63) is 81.0 Å². The number of ether oxygens (including phenoxy) is 1. The Hall–Kier alpha value is -3.67. The molecule has 0 aliphatic carbocycles. The number of hydrogen-bond acceptors (Lipinski definition) is 6. The molecule has 0 fully saturated rings. The fourth-order valence-electron chi connectivity index (χ4n) is 3.17. The van der Waals surface area contributed by atoms with Crippen LogP contribution >= 0.6 is 23.2 Å². The zero-order valence-corrected chi connectivity index (χ0v) is 18.9. The van der Waals surface area contributed by atoms with Gasteiger partial charge in [0, 0.05) is 29.4 Å². The van der Waals surface area contributed by atoms with Crippen LogP contribution < -0.4 is 4.74 Å². The highest BCUT2D eigenvalue weighted by atomic mass is 35.5. The molecule has 4 rings (SSSR count). The standard InChI is InChI=1S/C23H15Cl2FN4O3/c1-12(31)15-7-19(30(2)11-15)23-29-28-20(33-23)8-14-3-4-18(25)22(21(14)26)32-17-6-13(10-27)5-16(24)9-17/h3-7,9,11H,8H2,1-2H3. The number of benzene rings is 2. The number of carbonyl (C=O) groups is 1. The largest absolute Gasteiger partial charge is 0.453 e. The van der Waals surface area contributed by atoms with Crippen molar-refractivity contribution in [3.63, 3.8) is 0 Å². The number of nitriles is 1. The quantitative estimate of drug-likeness (QED) is 0.312. The lowest BCUT2D eigenvalue weighted by Gasteiger charge is -2.11. The highest BCUT2D eigenvalue weighted by Crippen LogP contribution is 2.36. The number of aromatic nitrogens is 3. The topological polar surface area (TPSA) is 93.9 Å². The summed E-state index contributed by atoms with van der Waals surface area (Å²) >= 11 is 12.1. The van der Waals surface area contributed by atoms with Crippen LogP contribution in [-0.4, -0.2) is 20.5 Å². The van der Waals surface area contributed by atoms with Crippen molar-refractivity contribution in [2.45, 2.75) is 13.3 Å². The first-order chi connectivity index (χ1) is 15.7. The van der Waals surface area contributed by atoms with E-state index in [1.165, 1.54) is 37.3 Å². The summed E-state index contributed by atoms with van der Waals surface area (Å²) in [5, 5.41) is 17.4. The number of halogens is 3. The molecule has 4 aromatic rings. The van der Waals surface area contributed by atoms with Gasteiger partial charge in [0.2, 0.25) is 5.89 Å². The maximum absolute atomic E-state index is 15.2. The Morgan fingerprint density at radius 2 is 2.03 bits per heavy atom. The van der Waals surface area contributed by atoms with Crippen LogP contribution in [0.15, 0.2) is 47.0 Å². The molecule has 0 aliphatic rings. The Labute approximate surface area is 197 Å². The zero-order valence-electron chi connectivity index (χ0n) is 17.4. The van der Waals surface area contributed by atoms with Gasteiger partial charge in [-0.05, 0) is 37.3 Å². The Morgan fingerprint density at radius 1 is 1.24 bits per heavy atom. The van der Waals surface area contributed by atoms with Gasteiger partial charge in [-0.1, -0.05) is 29.3 Å². The summed E-state index contributed by atoms with van der Waals surface area (Å²) in [7, 11) is 1.75. The lowest BCUT2D eigenvalue weighted by atomic mass is 10.1. The monoisotopic (exact) mass is 484 g/mol. The van der Waals surface area contributed by atoms with E-state index in [9.17, 15) is 4.79 Å². The number of carbonyl (C=O) groups excluding carboxylic acids is 1. The molecule has 0 unspecified atom stereocenters. The number of nitrogens with zero attached hydrogens (tertiary/aromatic N) is 4. The van der Waals surface area contributed by atoms with Gasteiger partial charge in [-0.25, -0.2) is 4.39 Å². The fourth-order valence-corrected chi connectivity index (χ4v) is 3.58. The Balaban J connectivity index is 1.61. The highest BCUT2D eigenvalue weighted by molar-refractivity contribution is 6.32. The molecule has 0 spiro atoms. The fraction of sp³-hybridized carbons (Fsp3) is 0.130. The van der Waals surface area contributed by atoms with Crippen LogP contribution in [0.25, 0.3) is 11.6 Å². The molecule has 166 valence electrons. The van der Waals surface area contributed by atoms with Crippen molar-refractivity contribution in [2.24, 2.45) is 7.05 Å². The molecule has 33 heavy (non-hydrogen) atoms. The summed E-state index contributed by atoms with van der Waals surface area (Å²) in [6, 6.07) is 10.9. The lowest BCUT2D eigenvalue weighted by molar-refractivity contribution is 0.101. The molecule has 2 heterocycles. The van der Waals surface area contributed by atoms with Crippen molar-refractivity contribution in [2.75, 3.05) is 0 Å². The van der Waals surface area contributed by atoms with Gasteiger partial charge < -0.3 is 13.7 Å². The molecular weight excluding hydrogens is 470 g/mol. The van der Waals surface area contributed by atoms with Crippen LogP contribution in [0.5, 0.6) is 11.5 Å². The van der Waals surface area contributed by atoms with Gasteiger partial charge in [0.05, 0.1) is 23.1 Å². The molecule has 0 aliphatic heterocycles. The zero-order chi connectivity index (χ0) is 23.7. The minimum atomic E-state index is -0.710. The molecule has 0 saturated heterocycles. The van der Waals surface area contributed by atoms with Gasteiger partial charge in [-0.3, -0.25) is 4.79 Å². The van der Waals surface area contributed by atoms with E-state index in [1.54, 1.807) is 23.9 Å². The smallest absolute Gasteiger partial charge is 0.264 e. The van der Waals surface area contributed by atoms with Crippen LogP contribution in [0.3, 0.4) is 0 Å². The lowest BCUT2D eigenvalue weighted by Crippen LogP contribution is -1.98. The second-order valence-corrected chi connectivity index (χ2v) is 8.04. The predicted molar refractivity (Wildman–Crippen MR) is 119 cm³/mol. The predicted octanol–water partition coefficient (Wildman–Crippen LogP) is 5.98. The molecule has 10 heteroatoms.